The molecule has 7 nitrogen and oxygen atoms in total. The molecule has 0 amide bonds. The zero-order valence-corrected chi connectivity index (χ0v) is 16.1. The van der Waals surface area contributed by atoms with E-state index in [1.54, 1.807) is 0 Å². The Bertz CT molecular complexity index is 894. The lowest BCUT2D eigenvalue weighted by Crippen LogP contribution is -2.41. The number of aromatic nitrogens is 1. The fourth-order valence-corrected chi connectivity index (χ4v) is 5.55. The molecule has 26 heavy (non-hydrogen) atoms. The topological polar surface area (TPSA) is 95.3 Å². The van der Waals surface area contributed by atoms with Gasteiger partial charge in [-0.15, -0.1) is 0 Å². The molecule has 0 saturated carbocycles. The molecule has 8 heteroatoms. The van der Waals surface area contributed by atoms with Crippen LogP contribution in [0.3, 0.4) is 0 Å². The summed E-state index contributed by atoms with van der Waals surface area (Å²) >= 11 is 0. The third-order valence-corrected chi connectivity index (χ3v) is 6.79. The normalized spacial score (nSPS) is 32.7. The Balaban J connectivity index is 1.62. The zero-order valence-electron chi connectivity index (χ0n) is 15.3. The molecular weight excluding hydrogens is 352 g/mol. The predicted molar refractivity (Wildman–Crippen MR) is 97.3 cm³/mol. The third kappa shape index (κ3) is 2.79. The summed E-state index contributed by atoms with van der Waals surface area (Å²) in [5.41, 5.74) is 2.21. The molecule has 0 aromatic carbocycles. The van der Waals surface area contributed by atoms with Gasteiger partial charge in [0.05, 0.1) is 23.5 Å². The lowest BCUT2D eigenvalue weighted by molar-refractivity contribution is 0.0142. The van der Waals surface area contributed by atoms with Crippen molar-refractivity contribution in [1.82, 2.24) is 9.71 Å². The first-order chi connectivity index (χ1) is 12.2. The number of hydrogen-bond donors (Lipinski definition) is 1. The number of aryl methyl sites for hydroxylation is 2. The number of sulfonamides is 1. The first-order valence-electron chi connectivity index (χ1n) is 8.98. The summed E-state index contributed by atoms with van der Waals surface area (Å²) in [5, 5.41) is 9.58. The highest BCUT2D eigenvalue weighted by Gasteiger charge is 2.63. The molecule has 0 unspecified atom stereocenters. The Labute approximate surface area is 154 Å². The Morgan fingerprint density at radius 3 is 2.96 bits per heavy atom. The monoisotopic (exact) mass is 376 g/mol. The van der Waals surface area contributed by atoms with Gasteiger partial charge < -0.3 is 9.64 Å². The zero-order chi connectivity index (χ0) is 18.7. The summed E-state index contributed by atoms with van der Waals surface area (Å²) in [5.74, 6) is 1.15. The summed E-state index contributed by atoms with van der Waals surface area (Å²) in [4.78, 5) is 6.80. The Hall–Kier alpha value is -1.69. The summed E-state index contributed by atoms with van der Waals surface area (Å²) in [6, 6.07) is 4.22. The van der Waals surface area contributed by atoms with Gasteiger partial charge in [-0.1, -0.05) is 0 Å². The first-order valence-corrected chi connectivity index (χ1v) is 10.9. The third-order valence-electron chi connectivity index (χ3n) is 6.10. The van der Waals surface area contributed by atoms with E-state index in [0.29, 0.717) is 18.7 Å². The molecule has 1 spiro atoms. The molecule has 4 heterocycles. The molecule has 3 fully saturated rings. The van der Waals surface area contributed by atoms with Gasteiger partial charge in [-0.05, 0) is 38.3 Å². The minimum absolute atomic E-state index is 0.124. The molecular formula is C18H24N4O3S. The molecule has 3 aliphatic rings. The van der Waals surface area contributed by atoms with Crippen molar-refractivity contribution in [2.45, 2.75) is 38.4 Å². The molecule has 3 saturated heterocycles. The Morgan fingerprint density at radius 2 is 2.27 bits per heavy atom. The maximum atomic E-state index is 11.5. The standard InChI is InChI=1S/C18H24N4O3S/c1-11-6-12(2)21-17(13(11)7-19)22-9-15-14(8-20-26(3,23)24)16-4-5-18(15,10-22)25-16/h6,14-16,20H,4-5,8-10H2,1-3H3/t14-,15+,16+,18+/m0/s1. The summed E-state index contributed by atoms with van der Waals surface area (Å²) in [6.07, 6.45) is 3.27. The van der Waals surface area contributed by atoms with Crippen molar-refractivity contribution in [3.8, 4) is 6.07 Å². The van der Waals surface area contributed by atoms with E-state index in [1.165, 1.54) is 6.26 Å². The van der Waals surface area contributed by atoms with E-state index in [4.69, 9.17) is 4.74 Å². The largest absolute Gasteiger partial charge is 0.369 e. The van der Waals surface area contributed by atoms with Gasteiger partial charge in [-0.25, -0.2) is 18.1 Å². The lowest BCUT2D eigenvalue weighted by atomic mass is 9.74. The highest BCUT2D eigenvalue weighted by molar-refractivity contribution is 7.88. The maximum absolute atomic E-state index is 11.5. The maximum Gasteiger partial charge on any atom is 0.208 e. The van der Waals surface area contributed by atoms with Crippen LogP contribution in [0.25, 0.3) is 0 Å². The van der Waals surface area contributed by atoms with E-state index in [-0.39, 0.29) is 23.5 Å². The summed E-state index contributed by atoms with van der Waals surface area (Å²) in [6.45, 7) is 5.75. The van der Waals surface area contributed by atoms with Crippen LogP contribution < -0.4 is 9.62 Å². The number of nitrogens with one attached hydrogen (secondary N) is 1. The van der Waals surface area contributed by atoms with Gasteiger partial charge in [0, 0.05) is 37.2 Å². The van der Waals surface area contributed by atoms with Gasteiger partial charge >= 0.3 is 0 Å². The van der Waals surface area contributed by atoms with Crippen molar-refractivity contribution in [2.75, 3.05) is 30.8 Å². The van der Waals surface area contributed by atoms with Crippen LogP contribution in [0, 0.1) is 37.0 Å². The van der Waals surface area contributed by atoms with Crippen LogP contribution in [-0.4, -0.2) is 51.0 Å². The van der Waals surface area contributed by atoms with Crippen molar-refractivity contribution < 1.29 is 13.2 Å². The van der Waals surface area contributed by atoms with Crippen LogP contribution in [0.2, 0.25) is 0 Å². The predicted octanol–water partition coefficient (Wildman–Crippen LogP) is 1.10. The molecule has 140 valence electrons. The molecule has 1 aromatic rings. The van der Waals surface area contributed by atoms with Crippen LogP contribution in [0.1, 0.15) is 29.7 Å². The molecule has 2 bridgehead atoms. The van der Waals surface area contributed by atoms with Gasteiger partial charge in [-0.2, -0.15) is 5.26 Å². The van der Waals surface area contributed by atoms with Crippen molar-refractivity contribution in [3.05, 3.63) is 22.9 Å². The van der Waals surface area contributed by atoms with Crippen molar-refractivity contribution in [2.24, 2.45) is 11.8 Å². The van der Waals surface area contributed by atoms with Crippen LogP contribution in [0.4, 0.5) is 5.82 Å². The van der Waals surface area contributed by atoms with Gasteiger partial charge in [-0.3, -0.25) is 0 Å². The van der Waals surface area contributed by atoms with E-state index in [9.17, 15) is 13.7 Å². The number of hydrogen-bond acceptors (Lipinski definition) is 6. The second-order valence-corrected chi connectivity index (χ2v) is 9.76. The van der Waals surface area contributed by atoms with Crippen LogP contribution in [0.5, 0.6) is 0 Å². The molecule has 3 aliphatic heterocycles. The quantitative estimate of drug-likeness (QED) is 0.846. The van der Waals surface area contributed by atoms with E-state index < -0.39 is 10.0 Å². The van der Waals surface area contributed by atoms with Crippen molar-refractivity contribution in [1.29, 1.82) is 5.26 Å². The van der Waals surface area contributed by atoms with Crippen molar-refractivity contribution in [3.63, 3.8) is 0 Å². The number of nitriles is 1. The average molecular weight is 376 g/mol. The summed E-state index contributed by atoms with van der Waals surface area (Å²) in [7, 11) is -3.22. The molecule has 0 radical (unpaired) electrons. The minimum atomic E-state index is -3.22. The fraction of sp³-hybridized carbons (Fsp3) is 0.667. The van der Waals surface area contributed by atoms with Gasteiger partial charge in [0.1, 0.15) is 11.9 Å². The highest BCUT2D eigenvalue weighted by atomic mass is 32.2. The number of nitrogens with zero attached hydrogens (tertiary/aromatic N) is 3. The van der Waals surface area contributed by atoms with Crippen LogP contribution in [0.15, 0.2) is 6.07 Å². The minimum Gasteiger partial charge on any atom is -0.369 e. The fourth-order valence-electron chi connectivity index (χ4n) is 5.06. The summed E-state index contributed by atoms with van der Waals surface area (Å²) < 4.78 is 32.1. The number of pyridine rings is 1. The highest BCUT2D eigenvalue weighted by Crippen LogP contribution is 2.55. The van der Waals surface area contributed by atoms with Crippen LogP contribution >= 0.6 is 0 Å². The molecule has 0 aliphatic carbocycles. The first kappa shape index (κ1) is 17.7. The number of rotatable bonds is 4. The van der Waals surface area contributed by atoms with Crippen molar-refractivity contribution >= 4 is 15.8 Å². The molecule has 4 rings (SSSR count). The SMILES string of the molecule is Cc1cc(C)c(C#N)c(N2C[C@@H]3[C@H](CNS(C)(=O)=O)[C@H]4CC[C@]3(C2)O4)n1. The molecule has 1 N–H and O–H groups in total. The van der Waals surface area contributed by atoms with Gasteiger partial charge in [0.15, 0.2) is 0 Å². The number of fused-ring (bicyclic) bond motifs is 1. The van der Waals surface area contributed by atoms with E-state index in [2.05, 4.69) is 20.7 Å². The molecule has 1 aromatic heterocycles. The number of anilines is 1. The smallest absolute Gasteiger partial charge is 0.208 e. The molecule has 4 atom stereocenters. The second kappa shape index (κ2) is 5.91. The average Bonchev–Trinajstić information content (AvgIpc) is 3.19. The van der Waals surface area contributed by atoms with Gasteiger partial charge in [0.2, 0.25) is 10.0 Å². The van der Waals surface area contributed by atoms with Crippen LogP contribution in [-0.2, 0) is 14.8 Å². The Morgan fingerprint density at radius 1 is 1.50 bits per heavy atom. The number of ether oxygens (including phenoxy) is 1. The van der Waals surface area contributed by atoms with Gasteiger partial charge in [0.25, 0.3) is 0 Å². The Kier molecular flexibility index (Phi) is 4.03. The van der Waals surface area contributed by atoms with E-state index in [0.717, 1.165) is 36.5 Å². The van der Waals surface area contributed by atoms with E-state index in [1.807, 2.05) is 19.9 Å². The van der Waals surface area contributed by atoms with E-state index >= 15 is 0 Å². The second-order valence-electron chi connectivity index (χ2n) is 7.92. The lowest BCUT2D eigenvalue weighted by Gasteiger charge is -2.29.